The maximum atomic E-state index is 11.8. The Labute approximate surface area is 175 Å². The summed E-state index contributed by atoms with van der Waals surface area (Å²) in [6, 6.07) is 7.14. The SMILES string of the molecule is COC(=O)/C=C/c1cc(-c2c(C#N)c(N)nc3sc(C(N)=O)c(N)c23)ccc1OC. The number of anilines is 2. The number of carbonyl (C=O) groups excluding carboxylic acids is 2. The van der Waals surface area contributed by atoms with Gasteiger partial charge in [-0.3, -0.25) is 4.79 Å². The molecule has 0 saturated carbocycles. The van der Waals surface area contributed by atoms with Gasteiger partial charge < -0.3 is 26.7 Å². The summed E-state index contributed by atoms with van der Waals surface area (Å²) < 4.78 is 9.96. The lowest BCUT2D eigenvalue weighted by Gasteiger charge is -2.12. The van der Waals surface area contributed by atoms with Crippen molar-refractivity contribution in [3.8, 4) is 22.9 Å². The fraction of sp³-hybridized carbons (Fsp3) is 0.100. The van der Waals surface area contributed by atoms with E-state index in [1.165, 1.54) is 26.4 Å². The lowest BCUT2D eigenvalue weighted by atomic mass is 9.95. The molecular formula is C20H17N5O4S. The first-order valence-corrected chi connectivity index (χ1v) is 9.29. The smallest absolute Gasteiger partial charge is 0.330 e. The monoisotopic (exact) mass is 423 g/mol. The third-order valence-electron chi connectivity index (χ3n) is 4.36. The second-order valence-electron chi connectivity index (χ2n) is 6.06. The number of aromatic nitrogens is 1. The molecule has 0 aliphatic rings. The number of fused-ring (bicyclic) bond motifs is 1. The summed E-state index contributed by atoms with van der Waals surface area (Å²) in [5.74, 6) is -0.745. The zero-order valence-electron chi connectivity index (χ0n) is 16.1. The molecule has 152 valence electrons. The Kier molecular flexibility index (Phi) is 5.57. The quantitative estimate of drug-likeness (QED) is 0.415. The average Bonchev–Trinajstić information content (AvgIpc) is 3.06. The number of benzene rings is 1. The fourth-order valence-electron chi connectivity index (χ4n) is 3.00. The average molecular weight is 423 g/mol. The molecule has 6 N–H and O–H groups in total. The lowest BCUT2D eigenvalue weighted by Crippen LogP contribution is -2.10. The van der Waals surface area contributed by atoms with E-state index < -0.39 is 11.9 Å². The largest absolute Gasteiger partial charge is 0.496 e. The third kappa shape index (κ3) is 3.49. The van der Waals surface area contributed by atoms with Crippen molar-refractivity contribution in [2.75, 3.05) is 25.7 Å². The van der Waals surface area contributed by atoms with Gasteiger partial charge in [-0.05, 0) is 23.8 Å². The summed E-state index contributed by atoms with van der Waals surface area (Å²) in [4.78, 5) is 28.0. The van der Waals surface area contributed by atoms with Crippen LogP contribution < -0.4 is 21.9 Å². The van der Waals surface area contributed by atoms with Crippen LogP contribution in [0.5, 0.6) is 5.75 Å². The van der Waals surface area contributed by atoms with E-state index in [2.05, 4.69) is 9.72 Å². The van der Waals surface area contributed by atoms with E-state index in [-0.39, 0.29) is 21.9 Å². The summed E-state index contributed by atoms with van der Waals surface area (Å²) in [5, 5.41) is 10.1. The molecule has 2 aromatic heterocycles. The molecule has 1 aromatic carbocycles. The van der Waals surface area contributed by atoms with Gasteiger partial charge in [0, 0.05) is 22.6 Å². The van der Waals surface area contributed by atoms with Crippen LogP contribution in [0.1, 0.15) is 20.8 Å². The number of nitriles is 1. The van der Waals surface area contributed by atoms with Crippen LogP contribution in [0.25, 0.3) is 27.4 Å². The van der Waals surface area contributed by atoms with E-state index in [0.29, 0.717) is 32.7 Å². The molecule has 0 spiro atoms. The highest BCUT2D eigenvalue weighted by molar-refractivity contribution is 7.21. The summed E-state index contributed by atoms with van der Waals surface area (Å²) >= 11 is 1.00. The van der Waals surface area contributed by atoms with Crippen LogP contribution in [0.3, 0.4) is 0 Å². The molecule has 0 aliphatic carbocycles. The van der Waals surface area contributed by atoms with Gasteiger partial charge in [0.25, 0.3) is 5.91 Å². The molecule has 9 nitrogen and oxygen atoms in total. The van der Waals surface area contributed by atoms with Crippen molar-refractivity contribution in [2.24, 2.45) is 5.73 Å². The van der Waals surface area contributed by atoms with Crippen molar-refractivity contribution in [3.63, 3.8) is 0 Å². The Morgan fingerprint density at radius 2 is 2.00 bits per heavy atom. The first kappa shape index (κ1) is 20.6. The molecule has 0 radical (unpaired) electrons. The number of primary amides is 1. The van der Waals surface area contributed by atoms with Crippen molar-refractivity contribution >= 4 is 51.0 Å². The minimum absolute atomic E-state index is 0.000240. The van der Waals surface area contributed by atoms with Crippen LogP contribution in [0.2, 0.25) is 0 Å². The van der Waals surface area contributed by atoms with E-state index in [1.54, 1.807) is 18.2 Å². The number of nitrogens with two attached hydrogens (primary N) is 3. The predicted octanol–water partition coefficient (Wildman–Crippen LogP) is 2.29. The van der Waals surface area contributed by atoms with Crippen LogP contribution >= 0.6 is 11.3 Å². The van der Waals surface area contributed by atoms with Gasteiger partial charge in [-0.2, -0.15) is 5.26 Å². The number of carbonyl (C=O) groups is 2. The van der Waals surface area contributed by atoms with Crippen molar-refractivity contribution in [3.05, 3.63) is 40.3 Å². The Morgan fingerprint density at radius 3 is 2.60 bits per heavy atom. The van der Waals surface area contributed by atoms with Gasteiger partial charge >= 0.3 is 5.97 Å². The van der Waals surface area contributed by atoms with Crippen LogP contribution in [-0.2, 0) is 9.53 Å². The number of amides is 1. The standard InChI is InChI=1S/C20H17N5O4S/c1-28-12-5-3-10(7-9(12)4-6-13(26)29-2)14-11(8-21)18(23)25-20-15(14)16(22)17(30-20)19(24)27/h3-7H,22H2,1-2H3,(H2,23,25)(H2,24,27)/b6-4+. The predicted molar refractivity (Wildman–Crippen MR) is 115 cm³/mol. The Balaban J connectivity index is 2.36. The third-order valence-corrected chi connectivity index (χ3v) is 5.47. The maximum absolute atomic E-state index is 11.8. The zero-order valence-corrected chi connectivity index (χ0v) is 16.9. The number of nitrogen functional groups attached to an aromatic ring is 2. The molecule has 3 rings (SSSR count). The minimum Gasteiger partial charge on any atom is -0.496 e. The van der Waals surface area contributed by atoms with E-state index >= 15 is 0 Å². The molecule has 0 bridgehead atoms. The second-order valence-corrected chi connectivity index (χ2v) is 7.06. The molecule has 0 saturated heterocycles. The number of hydrogen-bond donors (Lipinski definition) is 3. The molecular weight excluding hydrogens is 406 g/mol. The van der Waals surface area contributed by atoms with Crippen molar-refractivity contribution < 1.29 is 19.1 Å². The van der Waals surface area contributed by atoms with Crippen molar-refractivity contribution in [2.45, 2.75) is 0 Å². The highest BCUT2D eigenvalue weighted by atomic mass is 32.1. The number of hydrogen-bond acceptors (Lipinski definition) is 9. The summed E-state index contributed by atoms with van der Waals surface area (Å²) in [6.07, 6.45) is 2.77. The van der Waals surface area contributed by atoms with Gasteiger partial charge in [-0.1, -0.05) is 6.07 Å². The number of methoxy groups -OCH3 is 2. The number of esters is 1. The van der Waals surface area contributed by atoms with E-state index in [9.17, 15) is 14.9 Å². The summed E-state index contributed by atoms with van der Waals surface area (Å²) in [6.45, 7) is 0. The molecule has 2 heterocycles. The van der Waals surface area contributed by atoms with Gasteiger partial charge in [-0.15, -0.1) is 11.3 Å². The molecule has 0 atom stereocenters. The van der Waals surface area contributed by atoms with E-state index in [4.69, 9.17) is 21.9 Å². The summed E-state index contributed by atoms with van der Waals surface area (Å²) in [7, 11) is 2.76. The summed E-state index contributed by atoms with van der Waals surface area (Å²) in [5.41, 5.74) is 19.4. The first-order chi connectivity index (χ1) is 14.3. The number of rotatable bonds is 5. The second kappa shape index (κ2) is 8.10. The Hall–Kier alpha value is -4.10. The topological polar surface area (TPSA) is 167 Å². The Morgan fingerprint density at radius 1 is 1.27 bits per heavy atom. The van der Waals surface area contributed by atoms with Crippen LogP contribution in [0.15, 0.2) is 24.3 Å². The molecule has 0 aliphatic heterocycles. The van der Waals surface area contributed by atoms with Gasteiger partial charge in [0.05, 0.1) is 19.9 Å². The van der Waals surface area contributed by atoms with E-state index in [1.807, 2.05) is 6.07 Å². The highest BCUT2D eigenvalue weighted by Gasteiger charge is 2.23. The van der Waals surface area contributed by atoms with Gasteiger partial charge in [0.1, 0.15) is 32.9 Å². The molecule has 3 aromatic rings. The van der Waals surface area contributed by atoms with Gasteiger partial charge in [-0.25, -0.2) is 9.78 Å². The molecule has 0 unspecified atom stereocenters. The minimum atomic E-state index is -0.699. The van der Waals surface area contributed by atoms with Crippen LogP contribution in [0, 0.1) is 11.3 Å². The van der Waals surface area contributed by atoms with Crippen LogP contribution in [0.4, 0.5) is 11.5 Å². The lowest BCUT2D eigenvalue weighted by molar-refractivity contribution is -0.134. The maximum Gasteiger partial charge on any atom is 0.330 e. The zero-order chi connectivity index (χ0) is 22.0. The van der Waals surface area contributed by atoms with E-state index in [0.717, 1.165) is 11.3 Å². The highest BCUT2D eigenvalue weighted by Crippen LogP contribution is 2.43. The molecule has 30 heavy (non-hydrogen) atoms. The Bertz CT molecular complexity index is 1260. The van der Waals surface area contributed by atoms with Crippen LogP contribution in [-0.4, -0.2) is 31.1 Å². The van der Waals surface area contributed by atoms with Crippen molar-refractivity contribution in [1.82, 2.24) is 4.98 Å². The van der Waals surface area contributed by atoms with Gasteiger partial charge in [0.2, 0.25) is 0 Å². The normalized spacial score (nSPS) is 10.8. The first-order valence-electron chi connectivity index (χ1n) is 8.48. The molecule has 1 amide bonds. The molecule has 0 fully saturated rings. The van der Waals surface area contributed by atoms with Crippen molar-refractivity contribution in [1.29, 1.82) is 5.26 Å². The van der Waals surface area contributed by atoms with Gasteiger partial charge in [0.15, 0.2) is 0 Å². The number of pyridine rings is 1. The molecule has 10 heteroatoms. The number of nitrogens with zero attached hydrogens (tertiary/aromatic N) is 2. The fourth-order valence-corrected chi connectivity index (χ4v) is 3.96. The number of ether oxygens (including phenoxy) is 2. The number of thiophene rings is 1.